The minimum absolute atomic E-state index is 0.0910. The van der Waals surface area contributed by atoms with Crippen molar-refractivity contribution < 1.29 is 9.53 Å². The number of esters is 1. The monoisotopic (exact) mass is 458 g/mol. The molecule has 2 aromatic carbocycles. The van der Waals surface area contributed by atoms with Crippen LogP contribution in [0.3, 0.4) is 0 Å². The van der Waals surface area contributed by atoms with Gasteiger partial charge in [-0.3, -0.25) is 4.79 Å². The first-order valence-corrected chi connectivity index (χ1v) is 10.6. The Morgan fingerprint density at radius 1 is 1.06 bits per heavy atom. The number of hydrogen-bond donors (Lipinski definition) is 0. The Bertz CT molecular complexity index is 1140. The van der Waals surface area contributed by atoms with Crippen LogP contribution in [0, 0.1) is 6.92 Å². The van der Waals surface area contributed by atoms with Gasteiger partial charge in [0.2, 0.25) is 0 Å². The molecule has 0 aliphatic carbocycles. The molecule has 3 aromatic rings. The number of aromatic nitrogens is 1. The van der Waals surface area contributed by atoms with Crippen LogP contribution in [0.5, 0.6) is 0 Å². The van der Waals surface area contributed by atoms with Crippen molar-refractivity contribution >= 4 is 34.9 Å². The number of halogens is 2. The van der Waals surface area contributed by atoms with E-state index in [9.17, 15) is 9.59 Å². The van der Waals surface area contributed by atoms with Gasteiger partial charge in [-0.1, -0.05) is 53.5 Å². The first-order chi connectivity index (χ1) is 14.8. The SMILES string of the molecule is COC(=O)c1ccc(CCn2c(CN(C)c3ccccc3C)c(Cl)cc(Cl)c2=O)cc1. The highest BCUT2D eigenvalue weighted by molar-refractivity contribution is 6.34. The van der Waals surface area contributed by atoms with Crippen molar-refractivity contribution in [3.63, 3.8) is 0 Å². The van der Waals surface area contributed by atoms with Crippen LogP contribution in [0.25, 0.3) is 0 Å². The molecule has 3 rings (SSSR count). The van der Waals surface area contributed by atoms with Crippen LogP contribution < -0.4 is 10.5 Å². The summed E-state index contributed by atoms with van der Waals surface area (Å²) in [6, 6.07) is 16.7. The van der Waals surface area contributed by atoms with Crippen LogP contribution in [0.1, 0.15) is 27.2 Å². The summed E-state index contributed by atoms with van der Waals surface area (Å²) in [5.74, 6) is -0.383. The van der Waals surface area contributed by atoms with E-state index in [-0.39, 0.29) is 16.6 Å². The topological polar surface area (TPSA) is 51.5 Å². The molecular formula is C24H24Cl2N2O3. The largest absolute Gasteiger partial charge is 0.465 e. The van der Waals surface area contributed by atoms with Gasteiger partial charge in [-0.15, -0.1) is 0 Å². The molecule has 1 aromatic heterocycles. The standard InChI is InChI=1S/C24H24Cl2N2O3/c1-16-6-4-5-7-21(16)27(2)15-22-19(25)14-20(26)23(29)28(22)13-12-17-8-10-18(11-9-17)24(30)31-3/h4-11,14H,12-13,15H2,1-3H3. The fraction of sp³-hybridized carbons (Fsp3) is 0.250. The number of hydrogen-bond acceptors (Lipinski definition) is 4. The van der Waals surface area contributed by atoms with Gasteiger partial charge >= 0.3 is 5.97 Å². The van der Waals surface area contributed by atoms with Crippen molar-refractivity contribution in [2.24, 2.45) is 0 Å². The van der Waals surface area contributed by atoms with Crippen molar-refractivity contribution in [3.05, 3.63) is 97.4 Å². The van der Waals surface area contributed by atoms with Gasteiger partial charge < -0.3 is 14.2 Å². The lowest BCUT2D eigenvalue weighted by molar-refractivity contribution is 0.0600. The van der Waals surface area contributed by atoms with Crippen LogP contribution >= 0.6 is 23.2 Å². The molecule has 0 amide bonds. The highest BCUT2D eigenvalue weighted by Gasteiger charge is 2.16. The molecule has 0 bridgehead atoms. The van der Waals surface area contributed by atoms with Gasteiger partial charge in [-0.2, -0.15) is 0 Å². The number of carbonyl (C=O) groups excluding carboxylic acids is 1. The van der Waals surface area contributed by atoms with Crippen LogP contribution in [0.4, 0.5) is 5.69 Å². The smallest absolute Gasteiger partial charge is 0.337 e. The van der Waals surface area contributed by atoms with Crippen LogP contribution in [-0.2, 0) is 24.2 Å². The molecule has 7 heteroatoms. The molecule has 0 radical (unpaired) electrons. The number of aryl methyl sites for hydroxylation is 2. The number of methoxy groups -OCH3 is 1. The molecule has 0 spiro atoms. The molecule has 0 fully saturated rings. The zero-order valence-electron chi connectivity index (χ0n) is 17.7. The van der Waals surface area contributed by atoms with Gasteiger partial charge in [0.25, 0.3) is 5.56 Å². The summed E-state index contributed by atoms with van der Waals surface area (Å²) in [5, 5.41) is 0.541. The van der Waals surface area contributed by atoms with E-state index in [1.165, 1.54) is 13.2 Å². The Hall–Kier alpha value is -2.76. The summed E-state index contributed by atoms with van der Waals surface area (Å²) in [6.45, 7) is 2.91. The van der Waals surface area contributed by atoms with Gasteiger partial charge in [0.05, 0.1) is 29.9 Å². The Balaban J connectivity index is 1.87. The number of benzene rings is 2. The van der Waals surface area contributed by atoms with Crippen molar-refractivity contribution in [1.29, 1.82) is 0 Å². The van der Waals surface area contributed by atoms with Gasteiger partial charge in [-0.25, -0.2) is 4.79 Å². The zero-order valence-corrected chi connectivity index (χ0v) is 19.2. The number of nitrogens with zero attached hydrogens (tertiary/aromatic N) is 2. The third-order valence-corrected chi connectivity index (χ3v) is 5.82. The fourth-order valence-corrected chi connectivity index (χ4v) is 4.04. The Labute approximate surface area is 191 Å². The maximum atomic E-state index is 12.8. The van der Waals surface area contributed by atoms with E-state index in [0.29, 0.717) is 35.8 Å². The summed E-state index contributed by atoms with van der Waals surface area (Å²) >= 11 is 12.6. The lowest BCUT2D eigenvalue weighted by Crippen LogP contribution is -2.29. The normalized spacial score (nSPS) is 10.7. The van der Waals surface area contributed by atoms with Crippen LogP contribution in [0.2, 0.25) is 10.0 Å². The fourth-order valence-electron chi connectivity index (χ4n) is 3.50. The number of para-hydroxylation sites is 1. The molecule has 0 atom stereocenters. The first kappa shape index (κ1) is 22.9. The number of ether oxygens (including phenoxy) is 1. The highest BCUT2D eigenvalue weighted by Crippen LogP contribution is 2.24. The molecule has 31 heavy (non-hydrogen) atoms. The molecule has 0 saturated heterocycles. The second-order valence-electron chi connectivity index (χ2n) is 7.32. The first-order valence-electron chi connectivity index (χ1n) is 9.83. The quantitative estimate of drug-likeness (QED) is 0.460. The summed E-state index contributed by atoms with van der Waals surface area (Å²) in [7, 11) is 3.31. The summed E-state index contributed by atoms with van der Waals surface area (Å²) in [5.41, 5.74) is 4.09. The molecule has 5 nitrogen and oxygen atoms in total. The predicted molar refractivity (Wildman–Crippen MR) is 125 cm³/mol. The van der Waals surface area contributed by atoms with Crippen molar-refractivity contribution in [3.8, 4) is 0 Å². The molecule has 0 aliphatic rings. The van der Waals surface area contributed by atoms with Crippen molar-refractivity contribution in [1.82, 2.24) is 4.57 Å². The van der Waals surface area contributed by atoms with Crippen molar-refractivity contribution in [2.45, 2.75) is 26.4 Å². The van der Waals surface area contributed by atoms with Gasteiger partial charge in [0.15, 0.2) is 0 Å². The van der Waals surface area contributed by atoms with E-state index in [0.717, 1.165) is 16.8 Å². The molecule has 0 N–H and O–H groups in total. The maximum Gasteiger partial charge on any atom is 0.337 e. The van der Waals surface area contributed by atoms with E-state index >= 15 is 0 Å². The lowest BCUT2D eigenvalue weighted by Gasteiger charge is -2.24. The summed E-state index contributed by atoms with van der Waals surface area (Å²) < 4.78 is 6.36. The minimum atomic E-state index is -0.383. The summed E-state index contributed by atoms with van der Waals surface area (Å²) in [6.07, 6.45) is 0.582. The predicted octanol–water partition coefficient (Wildman–Crippen LogP) is 5.13. The maximum absolute atomic E-state index is 12.8. The second kappa shape index (κ2) is 10.0. The van der Waals surface area contributed by atoms with Crippen molar-refractivity contribution in [2.75, 3.05) is 19.1 Å². The second-order valence-corrected chi connectivity index (χ2v) is 8.14. The highest BCUT2D eigenvalue weighted by atomic mass is 35.5. The van der Waals surface area contributed by atoms with Gasteiger partial charge in [-0.05, 0) is 48.7 Å². The lowest BCUT2D eigenvalue weighted by atomic mass is 10.1. The Morgan fingerprint density at radius 3 is 2.39 bits per heavy atom. The Kier molecular flexibility index (Phi) is 7.42. The third-order valence-electron chi connectivity index (χ3n) is 5.22. The molecule has 0 unspecified atom stereocenters. The van der Waals surface area contributed by atoms with E-state index in [4.69, 9.17) is 27.9 Å². The number of pyridine rings is 1. The number of rotatable bonds is 7. The van der Waals surface area contributed by atoms with E-state index in [1.54, 1.807) is 16.7 Å². The molecule has 1 heterocycles. The van der Waals surface area contributed by atoms with E-state index < -0.39 is 0 Å². The van der Waals surface area contributed by atoms with Crippen LogP contribution in [-0.4, -0.2) is 24.7 Å². The summed E-state index contributed by atoms with van der Waals surface area (Å²) in [4.78, 5) is 26.5. The number of carbonyl (C=O) groups is 1. The van der Waals surface area contributed by atoms with Crippen LogP contribution in [0.15, 0.2) is 59.4 Å². The number of anilines is 1. The molecule has 0 saturated carbocycles. The third kappa shape index (κ3) is 5.30. The Morgan fingerprint density at radius 2 is 1.74 bits per heavy atom. The van der Waals surface area contributed by atoms with Gasteiger partial charge in [0.1, 0.15) is 5.02 Å². The average Bonchev–Trinajstić information content (AvgIpc) is 2.77. The average molecular weight is 459 g/mol. The van der Waals surface area contributed by atoms with E-state index in [1.807, 2.05) is 50.4 Å². The van der Waals surface area contributed by atoms with E-state index in [2.05, 4.69) is 4.90 Å². The molecular weight excluding hydrogens is 435 g/mol. The molecule has 162 valence electrons. The van der Waals surface area contributed by atoms with Gasteiger partial charge in [0, 0.05) is 19.3 Å². The zero-order chi connectivity index (χ0) is 22.5. The molecule has 0 aliphatic heterocycles. The minimum Gasteiger partial charge on any atom is -0.465 e.